The van der Waals surface area contributed by atoms with Gasteiger partial charge in [0.05, 0.1) is 18.1 Å². The average molecular weight is 393 g/mol. The predicted octanol–water partition coefficient (Wildman–Crippen LogP) is 2.29. The third-order valence-corrected chi connectivity index (χ3v) is 7.90. The van der Waals surface area contributed by atoms with Crippen LogP contribution in [-0.4, -0.2) is 68.4 Å². The van der Waals surface area contributed by atoms with Gasteiger partial charge < -0.3 is 4.90 Å². The summed E-state index contributed by atoms with van der Waals surface area (Å²) in [5, 5.41) is 0. The van der Waals surface area contributed by atoms with E-state index in [2.05, 4.69) is 31.2 Å². The van der Waals surface area contributed by atoms with Crippen LogP contribution in [0.15, 0.2) is 24.3 Å². The van der Waals surface area contributed by atoms with E-state index in [0.29, 0.717) is 18.9 Å². The Bertz CT molecular complexity index is 737. The lowest BCUT2D eigenvalue weighted by molar-refractivity contribution is -0.133. The van der Waals surface area contributed by atoms with Gasteiger partial charge in [-0.1, -0.05) is 29.8 Å². The van der Waals surface area contributed by atoms with E-state index in [1.54, 1.807) is 0 Å². The molecule has 0 N–H and O–H groups in total. The van der Waals surface area contributed by atoms with Crippen LogP contribution in [0.3, 0.4) is 0 Å². The number of rotatable bonds is 6. The highest BCUT2D eigenvalue weighted by atomic mass is 32.2. The summed E-state index contributed by atoms with van der Waals surface area (Å²) in [6.45, 7) is 4.09. The highest BCUT2D eigenvalue weighted by molar-refractivity contribution is 7.91. The molecule has 27 heavy (non-hydrogen) atoms. The molecule has 2 aliphatic rings. The summed E-state index contributed by atoms with van der Waals surface area (Å²) in [6.07, 6.45) is 5.08. The van der Waals surface area contributed by atoms with Crippen molar-refractivity contribution >= 4 is 15.7 Å². The van der Waals surface area contributed by atoms with Gasteiger partial charge in [0.25, 0.3) is 0 Å². The second-order valence-electron chi connectivity index (χ2n) is 8.32. The van der Waals surface area contributed by atoms with Crippen molar-refractivity contribution in [3.63, 3.8) is 0 Å². The van der Waals surface area contributed by atoms with E-state index in [9.17, 15) is 13.2 Å². The molecule has 0 aliphatic carbocycles. The first-order valence-corrected chi connectivity index (χ1v) is 11.9. The zero-order chi connectivity index (χ0) is 19.4. The Morgan fingerprint density at radius 2 is 1.81 bits per heavy atom. The molecule has 2 aliphatic heterocycles. The van der Waals surface area contributed by atoms with E-state index in [4.69, 9.17) is 0 Å². The maximum absolute atomic E-state index is 12.6. The zero-order valence-electron chi connectivity index (χ0n) is 16.6. The topological polar surface area (TPSA) is 57.7 Å². The minimum absolute atomic E-state index is 0.00834. The molecule has 6 heteroatoms. The summed E-state index contributed by atoms with van der Waals surface area (Å²) < 4.78 is 23.3. The summed E-state index contributed by atoms with van der Waals surface area (Å²) in [7, 11) is -1.03. The number of benzene rings is 1. The lowest BCUT2D eigenvalue weighted by Gasteiger charge is -2.34. The Kier molecular flexibility index (Phi) is 6.58. The highest BCUT2D eigenvalue weighted by Gasteiger charge is 2.32. The van der Waals surface area contributed by atoms with Crippen molar-refractivity contribution in [1.82, 2.24) is 9.80 Å². The number of hydrogen-bond donors (Lipinski definition) is 0. The molecule has 0 radical (unpaired) electrons. The number of likely N-dealkylation sites (N-methyl/N-ethyl adjacent to an activating group) is 1. The van der Waals surface area contributed by atoms with Crippen LogP contribution in [0.25, 0.3) is 0 Å². The molecule has 0 bridgehead atoms. The largest absolute Gasteiger partial charge is 0.342 e. The fourth-order valence-electron chi connectivity index (χ4n) is 4.16. The van der Waals surface area contributed by atoms with Crippen molar-refractivity contribution in [3.05, 3.63) is 35.4 Å². The number of carbonyl (C=O) groups is 1. The second kappa shape index (κ2) is 8.74. The molecule has 150 valence electrons. The van der Waals surface area contributed by atoms with Crippen molar-refractivity contribution in [1.29, 1.82) is 0 Å². The molecule has 1 aromatic carbocycles. The lowest BCUT2D eigenvalue weighted by atomic mass is 9.90. The number of sulfone groups is 1. The van der Waals surface area contributed by atoms with E-state index in [1.165, 1.54) is 17.5 Å². The second-order valence-corrected chi connectivity index (χ2v) is 10.5. The highest BCUT2D eigenvalue weighted by Crippen LogP contribution is 2.23. The standard InChI is InChI=1S/C21H32N2O3S/c1-17-3-5-18(6-4-17)7-8-19-9-12-23(13-10-19)21(24)15-22(2)20-11-14-27(25,26)16-20/h3-6,19-20H,7-16H2,1-2H3. The zero-order valence-corrected chi connectivity index (χ0v) is 17.4. The molecule has 5 nitrogen and oxygen atoms in total. The summed E-state index contributed by atoms with van der Waals surface area (Å²) in [5.41, 5.74) is 2.69. The molecular formula is C21H32N2O3S. The SMILES string of the molecule is Cc1ccc(CCC2CCN(C(=O)CN(C)C3CCS(=O)(=O)C3)CC2)cc1. The minimum atomic E-state index is -2.91. The first kappa shape index (κ1) is 20.3. The van der Waals surface area contributed by atoms with Crippen molar-refractivity contribution < 1.29 is 13.2 Å². The fraction of sp³-hybridized carbons (Fsp3) is 0.667. The molecule has 1 unspecified atom stereocenters. The Balaban J connectivity index is 1.39. The van der Waals surface area contributed by atoms with Crippen LogP contribution in [0.5, 0.6) is 0 Å². The number of hydrogen-bond acceptors (Lipinski definition) is 4. The molecule has 0 spiro atoms. The maximum Gasteiger partial charge on any atom is 0.236 e. The molecule has 2 fully saturated rings. The van der Waals surface area contributed by atoms with Crippen LogP contribution in [0, 0.1) is 12.8 Å². The van der Waals surface area contributed by atoms with Gasteiger partial charge in [0.15, 0.2) is 9.84 Å². The van der Waals surface area contributed by atoms with Gasteiger partial charge in [-0.15, -0.1) is 0 Å². The van der Waals surface area contributed by atoms with E-state index in [-0.39, 0.29) is 23.5 Å². The Hall–Kier alpha value is -1.40. The van der Waals surface area contributed by atoms with Crippen molar-refractivity contribution in [3.8, 4) is 0 Å². The molecule has 0 saturated carbocycles. The molecule has 3 rings (SSSR count). The van der Waals surface area contributed by atoms with E-state index >= 15 is 0 Å². The number of carbonyl (C=O) groups excluding carboxylic acids is 1. The monoisotopic (exact) mass is 392 g/mol. The van der Waals surface area contributed by atoms with Crippen LogP contribution in [-0.2, 0) is 21.1 Å². The molecule has 0 aromatic heterocycles. The molecule has 1 aromatic rings. The predicted molar refractivity (Wildman–Crippen MR) is 108 cm³/mol. The van der Waals surface area contributed by atoms with E-state index in [0.717, 1.165) is 32.4 Å². The van der Waals surface area contributed by atoms with Crippen molar-refractivity contribution in [2.45, 2.75) is 45.1 Å². The third kappa shape index (κ3) is 5.79. The van der Waals surface area contributed by atoms with E-state index in [1.807, 2.05) is 16.8 Å². The minimum Gasteiger partial charge on any atom is -0.342 e. The molecule has 1 atom stereocenters. The van der Waals surface area contributed by atoms with Crippen LogP contribution in [0.4, 0.5) is 0 Å². The van der Waals surface area contributed by atoms with Crippen LogP contribution in [0.1, 0.15) is 36.8 Å². The third-order valence-electron chi connectivity index (χ3n) is 6.15. The molecule has 1 amide bonds. The number of amides is 1. The maximum atomic E-state index is 12.6. The summed E-state index contributed by atoms with van der Waals surface area (Å²) in [5.74, 6) is 1.27. The Labute approximate surface area is 163 Å². The lowest BCUT2D eigenvalue weighted by Crippen LogP contribution is -2.46. The number of aryl methyl sites for hydroxylation is 2. The van der Waals surface area contributed by atoms with Gasteiger partial charge in [-0.2, -0.15) is 0 Å². The van der Waals surface area contributed by atoms with Crippen LogP contribution in [0.2, 0.25) is 0 Å². The normalized spacial score (nSPS) is 23.1. The quantitative estimate of drug-likeness (QED) is 0.745. The van der Waals surface area contributed by atoms with Crippen LogP contribution >= 0.6 is 0 Å². The number of piperidine rings is 1. The molecule has 2 heterocycles. The van der Waals surface area contributed by atoms with Gasteiger partial charge >= 0.3 is 0 Å². The smallest absolute Gasteiger partial charge is 0.236 e. The van der Waals surface area contributed by atoms with Gasteiger partial charge in [0, 0.05) is 19.1 Å². The summed E-state index contributed by atoms with van der Waals surface area (Å²) in [6, 6.07) is 8.76. The molecule has 2 saturated heterocycles. The number of likely N-dealkylation sites (tertiary alicyclic amines) is 1. The Morgan fingerprint density at radius 3 is 2.41 bits per heavy atom. The van der Waals surface area contributed by atoms with Gasteiger partial charge in [0.1, 0.15) is 0 Å². The molecular weight excluding hydrogens is 360 g/mol. The number of nitrogens with zero attached hydrogens (tertiary/aromatic N) is 2. The summed E-state index contributed by atoms with van der Waals surface area (Å²) in [4.78, 5) is 16.5. The average Bonchev–Trinajstić information content (AvgIpc) is 3.01. The summed E-state index contributed by atoms with van der Waals surface area (Å²) >= 11 is 0. The Morgan fingerprint density at radius 1 is 1.15 bits per heavy atom. The van der Waals surface area contributed by atoms with Crippen molar-refractivity contribution in [2.24, 2.45) is 5.92 Å². The van der Waals surface area contributed by atoms with Gasteiger partial charge in [-0.05, 0) is 57.6 Å². The van der Waals surface area contributed by atoms with Crippen molar-refractivity contribution in [2.75, 3.05) is 38.2 Å². The first-order chi connectivity index (χ1) is 12.8. The van der Waals surface area contributed by atoms with Crippen LogP contribution < -0.4 is 0 Å². The van der Waals surface area contributed by atoms with Gasteiger partial charge in [0.2, 0.25) is 5.91 Å². The van der Waals surface area contributed by atoms with Gasteiger partial charge in [-0.3, -0.25) is 9.69 Å². The first-order valence-electron chi connectivity index (χ1n) is 10.1. The fourth-order valence-corrected chi connectivity index (χ4v) is 5.97. The van der Waals surface area contributed by atoms with Gasteiger partial charge in [-0.25, -0.2) is 8.42 Å². The van der Waals surface area contributed by atoms with E-state index < -0.39 is 9.84 Å².